The molecule has 2 fully saturated rings. The Labute approximate surface area is 181 Å². The van der Waals surface area contributed by atoms with Crippen molar-refractivity contribution in [3.05, 3.63) is 33.8 Å². The van der Waals surface area contributed by atoms with Crippen LogP contribution in [0.25, 0.3) is 0 Å². The normalized spacial score (nSPS) is 23.0. The first-order valence-electron chi connectivity index (χ1n) is 10.1. The molecule has 0 radical (unpaired) electrons. The first-order chi connectivity index (χ1) is 13.5. The second-order valence-electron chi connectivity index (χ2n) is 7.50. The molecule has 0 N–H and O–H groups in total. The first-order valence-corrected chi connectivity index (χ1v) is 11.9. The summed E-state index contributed by atoms with van der Waals surface area (Å²) in [6.45, 7) is 2.46. The van der Waals surface area contributed by atoms with Crippen LogP contribution in [0.2, 0.25) is 10.0 Å². The van der Waals surface area contributed by atoms with Crippen molar-refractivity contribution in [2.75, 3.05) is 12.4 Å². The van der Waals surface area contributed by atoms with Gasteiger partial charge in [-0.15, -0.1) is 11.8 Å². The third-order valence-electron chi connectivity index (χ3n) is 5.50. The van der Waals surface area contributed by atoms with Gasteiger partial charge in [0.2, 0.25) is 0 Å². The molecule has 1 amide bonds. The molecule has 2 atom stereocenters. The molecular formula is C21H27Cl2NO3S. The van der Waals surface area contributed by atoms with Gasteiger partial charge in [0, 0.05) is 11.3 Å². The highest BCUT2D eigenvalue weighted by Gasteiger charge is 2.45. The molecule has 2 unspecified atom stereocenters. The summed E-state index contributed by atoms with van der Waals surface area (Å²) in [5.74, 6) is 0.530. The summed E-state index contributed by atoms with van der Waals surface area (Å²) in [6, 6.07) is 4.35. The van der Waals surface area contributed by atoms with E-state index in [2.05, 4.69) is 6.92 Å². The number of hydrogen-bond donors (Lipinski definition) is 0. The number of amides is 1. The number of benzene rings is 1. The number of nitrogens with zero attached hydrogens (tertiary/aromatic N) is 1. The van der Waals surface area contributed by atoms with Crippen LogP contribution in [-0.2, 0) is 9.53 Å². The molecule has 1 aliphatic heterocycles. The van der Waals surface area contributed by atoms with E-state index < -0.39 is 6.04 Å². The number of rotatable bonds is 6. The maximum Gasteiger partial charge on any atom is 0.329 e. The largest absolute Gasteiger partial charge is 0.464 e. The van der Waals surface area contributed by atoms with Crippen molar-refractivity contribution in [2.45, 2.75) is 63.3 Å². The number of unbranched alkanes of at least 4 members (excludes halogenated alkanes) is 1. The van der Waals surface area contributed by atoms with Crippen LogP contribution in [-0.4, -0.2) is 40.6 Å². The van der Waals surface area contributed by atoms with Gasteiger partial charge in [0.1, 0.15) is 6.04 Å². The molecule has 28 heavy (non-hydrogen) atoms. The van der Waals surface area contributed by atoms with Gasteiger partial charge in [-0.05, 0) is 43.4 Å². The maximum atomic E-state index is 13.4. The fraction of sp³-hybridized carbons (Fsp3) is 0.619. The zero-order valence-electron chi connectivity index (χ0n) is 16.2. The molecule has 1 aromatic carbocycles. The molecule has 0 bridgehead atoms. The maximum absolute atomic E-state index is 13.4. The van der Waals surface area contributed by atoms with Crippen molar-refractivity contribution >= 4 is 46.8 Å². The molecule has 2 aliphatic rings. The Kier molecular flexibility index (Phi) is 7.95. The molecule has 7 heteroatoms. The standard InChI is InChI=1S/C21H27Cl2NO3S/c1-2-3-11-27-21(26)18-13-28-20(14-7-5-4-6-8-14)24(18)19(25)15-9-10-16(22)17(23)12-15/h9-10,12,14,18,20H,2-8,11,13H2,1H3. The van der Waals surface area contributed by atoms with Gasteiger partial charge in [-0.1, -0.05) is 55.8 Å². The first kappa shape index (κ1) is 21.8. The minimum atomic E-state index is -0.546. The van der Waals surface area contributed by atoms with Crippen molar-refractivity contribution < 1.29 is 14.3 Å². The van der Waals surface area contributed by atoms with Crippen LogP contribution < -0.4 is 0 Å². The van der Waals surface area contributed by atoms with Crippen molar-refractivity contribution in [1.29, 1.82) is 0 Å². The monoisotopic (exact) mass is 443 g/mol. The second-order valence-corrected chi connectivity index (χ2v) is 9.46. The lowest BCUT2D eigenvalue weighted by Gasteiger charge is -2.35. The molecule has 0 spiro atoms. The lowest BCUT2D eigenvalue weighted by Crippen LogP contribution is -2.48. The molecule has 1 saturated heterocycles. The molecule has 1 saturated carbocycles. The van der Waals surface area contributed by atoms with Crippen LogP contribution in [0.1, 0.15) is 62.2 Å². The van der Waals surface area contributed by atoms with Gasteiger partial charge in [-0.2, -0.15) is 0 Å². The molecular weight excluding hydrogens is 417 g/mol. The lowest BCUT2D eigenvalue weighted by molar-refractivity contribution is -0.148. The van der Waals surface area contributed by atoms with E-state index in [1.165, 1.54) is 19.3 Å². The molecule has 1 heterocycles. The van der Waals surface area contributed by atoms with Crippen molar-refractivity contribution in [2.24, 2.45) is 5.92 Å². The number of esters is 1. The van der Waals surface area contributed by atoms with E-state index in [0.717, 1.165) is 25.7 Å². The van der Waals surface area contributed by atoms with E-state index in [1.54, 1.807) is 34.9 Å². The zero-order chi connectivity index (χ0) is 20.1. The number of carbonyl (C=O) groups excluding carboxylic acids is 2. The Bertz CT molecular complexity index is 709. The van der Waals surface area contributed by atoms with Gasteiger partial charge in [-0.3, -0.25) is 4.79 Å². The van der Waals surface area contributed by atoms with Crippen LogP contribution in [0.4, 0.5) is 0 Å². The smallest absolute Gasteiger partial charge is 0.329 e. The number of ether oxygens (including phenoxy) is 1. The SMILES string of the molecule is CCCCOC(=O)C1CSC(C2CCCCC2)N1C(=O)c1ccc(Cl)c(Cl)c1. The van der Waals surface area contributed by atoms with E-state index in [-0.39, 0.29) is 17.3 Å². The topological polar surface area (TPSA) is 46.6 Å². The van der Waals surface area contributed by atoms with Crippen LogP contribution >= 0.6 is 35.0 Å². The molecule has 0 aromatic heterocycles. The average Bonchev–Trinajstić information content (AvgIpc) is 3.15. The Morgan fingerprint density at radius 3 is 2.61 bits per heavy atom. The fourth-order valence-electron chi connectivity index (χ4n) is 3.94. The summed E-state index contributed by atoms with van der Waals surface area (Å²) in [6.07, 6.45) is 7.60. The molecule has 4 nitrogen and oxygen atoms in total. The van der Waals surface area contributed by atoms with Gasteiger partial charge >= 0.3 is 5.97 Å². The predicted octanol–water partition coefficient (Wildman–Crippen LogP) is 5.80. The van der Waals surface area contributed by atoms with Crippen molar-refractivity contribution in [3.8, 4) is 0 Å². The molecule has 3 rings (SSSR count). The van der Waals surface area contributed by atoms with Gasteiger partial charge in [0.05, 0.1) is 22.0 Å². The van der Waals surface area contributed by atoms with E-state index >= 15 is 0 Å². The highest BCUT2D eigenvalue weighted by atomic mass is 35.5. The van der Waals surface area contributed by atoms with Crippen LogP contribution in [0.3, 0.4) is 0 Å². The molecule has 1 aromatic rings. The number of hydrogen-bond acceptors (Lipinski definition) is 4. The summed E-state index contributed by atoms with van der Waals surface area (Å²) in [5, 5.41) is 0.759. The average molecular weight is 444 g/mol. The quantitative estimate of drug-likeness (QED) is 0.411. The zero-order valence-corrected chi connectivity index (χ0v) is 18.5. The van der Waals surface area contributed by atoms with Gasteiger partial charge in [-0.25, -0.2) is 4.79 Å². The van der Waals surface area contributed by atoms with Gasteiger partial charge in [0.25, 0.3) is 5.91 Å². The number of carbonyl (C=O) groups is 2. The number of thioether (sulfide) groups is 1. The second kappa shape index (κ2) is 10.2. The Hall–Kier alpha value is -0.910. The third-order valence-corrected chi connectivity index (χ3v) is 7.70. The highest BCUT2D eigenvalue weighted by molar-refractivity contribution is 8.00. The van der Waals surface area contributed by atoms with Gasteiger partial charge in [0.15, 0.2) is 0 Å². The minimum Gasteiger partial charge on any atom is -0.464 e. The van der Waals surface area contributed by atoms with E-state index in [4.69, 9.17) is 27.9 Å². The summed E-state index contributed by atoms with van der Waals surface area (Å²) in [4.78, 5) is 27.9. The van der Waals surface area contributed by atoms with Crippen molar-refractivity contribution in [3.63, 3.8) is 0 Å². The Morgan fingerprint density at radius 2 is 1.93 bits per heavy atom. The van der Waals surface area contributed by atoms with Crippen molar-refractivity contribution in [1.82, 2.24) is 4.90 Å². The summed E-state index contributed by atoms with van der Waals surface area (Å²) < 4.78 is 5.47. The Balaban J connectivity index is 1.84. The van der Waals surface area contributed by atoms with Gasteiger partial charge < -0.3 is 9.64 Å². The van der Waals surface area contributed by atoms with E-state index in [9.17, 15) is 9.59 Å². The van der Waals surface area contributed by atoms with Crippen LogP contribution in [0.15, 0.2) is 18.2 Å². The van der Waals surface area contributed by atoms with Crippen LogP contribution in [0.5, 0.6) is 0 Å². The molecule has 1 aliphatic carbocycles. The fourth-order valence-corrected chi connectivity index (χ4v) is 5.86. The third kappa shape index (κ3) is 4.98. The van der Waals surface area contributed by atoms with E-state index in [1.807, 2.05) is 0 Å². The number of halogens is 2. The summed E-state index contributed by atoms with van der Waals surface area (Å²) in [5.41, 5.74) is 0.462. The highest BCUT2D eigenvalue weighted by Crippen LogP contribution is 2.41. The minimum absolute atomic E-state index is 0.00554. The van der Waals surface area contributed by atoms with Crippen LogP contribution in [0, 0.1) is 5.92 Å². The molecule has 154 valence electrons. The van der Waals surface area contributed by atoms with E-state index in [0.29, 0.717) is 33.9 Å². The Morgan fingerprint density at radius 1 is 1.18 bits per heavy atom. The summed E-state index contributed by atoms with van der Waals surface area (Å²) >= 11 is 13.9. The summed E-state index contributed by atoms with van der Waals surface area (Å²) in [7, 11) is 0. The lowest BCUT2D eigenvalue weighted by atomic mass is 9.88. The predicted molar refractivity (Wildman–Crippen MR) is 115 cm³/mol.